The van der Waals surface area contributed by atoms with E-state index < -0.39 is 0 Å². The summed E-state index contributed by atoms with van der Waals surface area (Å²) in [4.78, 5) is 0. The molecule has 0 saturated heterocycles. The second-order valence-electron chi connectivity index (χ2n) is 7.81. The molecule has 4 aromatic carbocycles. The molecule has 0 spiro atoms. The van der Waals surface area contributed by atoms with Crippen LogP contribution in [0.3, 0.4) is 0 Å². The highest BCUT2D eigenvalue weighted by Gasteiger charge is 2.33. The van der Waals surface area contributed by atoms with Gasteiger partial charge in [-0.05, 0) is 67.6 Å². The van der Waals surface area contributed by atoms with Crippen LogP contribution in [0.4, 0.5) is 0 Å². The van der Waals surface area contributed by atoms with Crippen LogP contribution < -0.4 is 0 Å². The molecule has 0 heteroatoms. The summed E-state index contributed by atoms with van der Waals surface area (Å²) < 4.78 is 0. The van der Waals surface area contributed by atoms with Crippen LogP contribution in [0.25, 0.3) is 33.0 Å². The average Bonchev–Trinajstić information content (AvgIpc) is 3.22. The van der Waals surface area contributed by atoms with Crippen molar-refractivity contribution in [1.82, 2.24) is 0 Å². The van der Waals surface area contributed by atoms with Crippen LogP contribution in [0.2, 0.25) is 0 Å². The van der Waals surface area contributed by atoms with Gasteiger partial charge in [0.15, 0.2) is 0 Å². The van der Waals surface area contributed by atoms with Gasteiger partial charge in [0.1, 0.15) is 0 Å². The van der Waals surface area contributed by atoms with Gasteiger partial charge >= 0.3 is 0 Å². The summed E-state index contributed by atoms with van der Waals surface area (Å²) in [7, 11) is 0. The minimum absolute atomic E-state index is 0.528. The lowest BCUT2D eigenvalue weighted by Crippen LogP contribution is -1.96. The topological polar surface area (TPSA) is 0 Å². The molecule has 1 unspecified atom stereocenters. The molecule has 0 aromatic heterocycles. The Labute approximate surface area is 159 Å². The normalized spacial score (nSPS) is 17.1. The highest BCUT2D eigenvalue weighted by atomic mass is 14.4. The molecule has 0 N–H and O–H groups in total. The number of benzene rings is 4. The van der Waals surface area contributed by atoms with E-state index in [0.29, 0.717) is 5.92 Å². The molecule has 0 amide bonds. The second kappa shape index (κ2) is 5.44. The standard InChI is InChI=1S/C27H20/c1-17-16-19-15-14-18-8-2-3-9-20(18)26(19)25(17)27-23-12-6-4-10-21(23)22-11-5-7-13-24(22)27/h2-15,17H,16H2,1H3. The van der Waals surface area contributed by atoms with Gasteiger partial charge in [0.2, 0.25) is 0 Å². The van der Waals surface area contributed by atoms with E-state index in [4.69, 9.17) is 0 Å². The lowest BCUT2D eigenvalue weighted by atomic mass is 9.88. The van der Waals surface area contributed by atoms with Gasteiger partial charge in [-0.3, -0.25) is 0 Å². The van der Waals surface area contributed by atoms with Gasteiger partial charge in [-0.2, -0.15) is 0 Å². The molecule has 2 aliphatic rings. The van der Waals surface area contributed by atoms with Crippen LogP contribution >= 0.6 is 0 Å². The number of rotatable bonds is 0. The molecule has 2 aliphatic carbocycles. The van der Waals surface area contributed by atoms with E-state index >= 15 is 0 Å². The maximum atomic E-state index is 2.39. The minimum atomic E-state index is 0.528. The Morgan fingerprint density at radius 2 is 1.22 bits per heavy atom. The molecule has 0 fully saturated rings. The summed E-state index contributed by atoms with van der Waals surface area (Å²) in [6.07, 6.45) is 1.13. The third-order valence-corrected chi connectivity index (χ3v) is 6.26. The summed E-state index contributed by atoms with van der Waals surface area (Å²) in [5, 5.41) is 2.73. The predicted molar refractivity (Wildman–Crippen MR) is 115 cm³/mol. The second-order valence-corrected chi connectivity index (χ2v) is 7.81. The summed E-state index contributed by atoms with van der Waals surface area (Å²) in [6, 6.07) is 31.3. The van der Waals surface area contributed by atoms with Crippen molar-refractivity contribution in [2.75, 3.05) is 0 Å². The third-order valence-electron chi connectivity index (χ3n) is 6.26. The van der Waals surface area contributed by atoms with Gasteiger partial charge in [0.05, 0.1) is 0 Å². The Balaban J connectivity index is 1.78. The Kier molecular flexibility index (Phi) is 3.02. The van der Waals surface area contributed by atoms with Gasteiger partial charge in [-0.1, -0.05) is 91.9 Å². The highest BCUT2D eigenvalue weighted by molar-refractivity contribution is 6.14. The van der Waals surface area contributed by atoms with Crippen molar-refractivity contribution < 1.29 is 0 Å². The zero-order valence-electron chi connectivity index (χ0n) is 15.4. The maximum absolute atomic E-state index is 2.39. The van der Waals surface area contributed by atoms with Crippen molar-refractivity contribution >= 4 is 21.9 Å². The van der Waals surface area contributed by atoms with Crippen molar-refractivity contribution in [3.8, 4) is 11.1 Å². The first-order chi connectivity index (χ1) is 13.3. The maximum Gasteiger partial charge on any atom is -0.00577 e. The zero-order chi connectivity index (χ0) is 18.0. The minimum Gasteiger partial charge on any atom is -0.0616 e. The smallest absolute Gasteiger partial charge is 0.00577 e. The van der Waals surface area contributed by atoms with Crippen molar-refractivity contribution in [2.45, 2.75) is 13.3 Å². The first kappa shape index (κ1) is 15.0. The molecule has 0 nitrogen and oxygen atoms in total. The van der Waals surface area contributed by atoms with E-state index in [1.807, 2.05) is 0 Å². The molecule has 6 rings (SSSR count). The van der Waals surface area contributed by atoms with E-state index in [-0.39, 0.29) is 0 Å². The van der Waals surface area contributed by atoms with Gasteiger partial charge < -0.3 is 0 Å². The largest absolute Gasteiger partial charge is 0.0616 e. The van der Waals surface area contributed by atoms with E-state index in [0.717, 1.165) is 6.42 Å². The molecular weight excluding hydrogens is 324 g/mol. The van der Waals surface area contributed by atoms with E-state index in [1.165, 1.54) is 55.3 Å². The summed E-state index contributed by atoms with van der Waals surface area (Å²) >= 11 is 0. The average molecular weight is 344 g/mol. The monoisotopic (exact) mass is 344 g/mol. The van der Waals surface area contributed by atoms with Crippen LogP contribution in [0.15, 0.2) is 84.9 Å². The molecule has 0 bridgehead atoms. The Bertz CT molecular complexity index is 1210. The molecule has 128 valence electrons. The zero-order valence-corrected chi connectivity index (χ0v) is 15.4. The first-order valence-corrected chi connectivity index (χ1v) is 9.77. The Hall–Kier alpha value is -3.12. The summed E-state index contributed by atoms with van der Waals surface area (Å²) in [5.41, 5.74) is 11.5. The predicted octanol–water partition coefficient (Wildman–Crippen LogP) is 6.97. The third kappa shape index (κ3) is 1.99. The molecule has 4 aromatic rings. The number of hydrogen-bond donors (Lipinski definition) is 0. The molecule has 0 radical (unpaired) electrons. The van der Waals surface area contributed by atoms with E-state index in [9.17, 15) is 0 Å². The summed E-state index contributed by atoms with van der Waals surface area (Å²) in [5.74, 6) is 0.528. The van der Waals surface area contributed by atoms with Gasteiger partial charge in [-0.25, -0.2) is 0 Å². The molecular formula is C27H20. The lowest BCUT2D eigenvalue weighted by Gasteiger charge is -2.15. The van der Waals surface area contributed by atoms with Crippen molar-refractivity contribution in [3.05, 3.63) is 107 Å². The molecule has 1 atom stereocenters. The van der Waals surface area contributed by atoms with Gasteiger partial charge in [0, 0.05) is 0 Å². The van der Waals surface area contributed by atoms with Crippen LogP contribution in [-0.2, 0) is 6.42 Å². The molecule has 27 heavy (non-hydrogen) atoms. The SMILES string of the molecule is CC1Cc2ccc3ccccc3c2C1=C1c2ccccc2-c2ccccc21. The van der Waals surface area contributed by atoms with Crippen LogP contribution in [0, 0.1) is 5.92 Å². The van der Waals surface area contributed by atoms with Crippen LogP contribution in [-0.4, -0.2) is 0 Å². The fourth-order valence-corrected chi connectivity index (χ4v) is 5.16. The molecule has 0 saturated carbocycles. The van der Waals surface area contributed by atoms with Crippen LogP contribution in [0.5, 0.6) is 0 Å². The summed E-state index contributed by atoms with van der Waals surface area (Å²) in [6.45, 7) is 2.39. The van der Waals surface area contributed by atoms with Crippen molar-refractivity contribution in [2.24, 2.45) is 5.92 Å². The number of allylic oxidation sites excluding steroid dienone is 1. The fraction of sp³-hybridized carbons (Fsp3) is 0.111. The van der Waals surface area contributed by atoms with Crippen molar-refractivity contribution in [3.63, 3.8) is 0 Å². The quantitative estimate of drug-likeness (QED) is 0.284. The molecule has 0 aliphatic heterocycles. The Morgan fingerprint density at radius 1 is 0.630 bits per heavy atom. The molecule has 0 heterocycles. The number of hydrogen-bond acceptors (Lipinski definition) is 0. The number of fused-ring (bicyclic) bond motifs is 6. The van der Waals surface area contributed by atoms with E-state index in [2.05, 4.69) is 91.9 Å². The van der Waals surface area contributed by atoms with E-state index in [1.54, 1.807) is 0 Å². The Morgan fingerprint density at radius 3 is 1.93 bits per heavy atom. The first-order valence-electron chi connectivity index (χ1n) is 9.77. The van der Waals surface area contributed by atoms with Gasteiger partial charge in [0.25, 0.3) is 0 Å². The lowest BCUT2D eigenvalue weighted by molar-refractivity contribution is 0.782. The van der Waals surface area contributed by atoms with Gasteiger partial charge in [-0.15, -0.1) is 0 Å². The highest BCUT2D eigenvalue weighted by Crippen LogP contribution is 2.52. The van der Waals surface area contributed by atoms with Crippen LogP contribution in [0.1, 0.15) is 29.2 Å². The van der Waals surface area contributed by atoms with Crippen molar-refractivity contribution in [1.29, 1.82) is 0 Å². The fourth-order valence-electron chi connectivity index (χ4n) is 5.16.